The number of aliphatic imine (C=N–C) groups is 2. The van der Waals surface area contributed by atoms with Crippen molar-refractivity contribution < 1.29 is 19.1 Å². The number of hydrogen-bond acceptors (Lipinski definition) is 7. The Bertz CT molecular complexity index is 1210. The van der Waals surface area contributed by atoms with Gasteiger partial charge in [0.25, 0.3) is 5.91 Å². The summed E-state index contributed by atoms with van der Waals surface area (Å²) in [6.07, 6.45) is 2.46. The van der Waals surface area contributed by atoms with Crippen LogP contribution in [0.25, 0.3) is 0 Å². The Kier molecular flexibility index (Phi) is 8.95. The smallest absolute Gasteiger partial charge is 0.259 e. The molecule has 0 fully saturated rings. The minimum Gasteiger partial charge on any atom is -0.494 e. The summed E-state index contributed by atoms with van der Waals surface area (Å²) in [4.78, 5) is 49.0. The van der Waals surface area contributed by atoms with Crippen molar-refractivity contribution >= 4 is 51.9 Å². The van der Waals surface area contributed by atoms with Crippen LogP contribution < -0.4 is 15.4 Å². The van der Waals surface area contributed by atoms with Crippen LogP contribution in [0.1, 0.15) is 45.1 Å². The number of thioether (sulfide) groups is 1. The molecule has 3 amide bonds. The van der Waals surface area contributed by atoms with Gasteiger partial charge in [-0.25, -0.2) is 9.89 Å². The van der Waals surface area contributed by atoms with Crippen LogP contribution >= 0.6 is 11.8 Å². The van der Waals surface area contributed by atoms with Crippen molar-refractivity contribution in [1.82, 2.24) is 10.2 Å². The van der Waals surface area contributed by atoms with E-state index in [4.69, 9.17) is 4.74 Å². The third-order valence-electron chi connectivity index (χ3n) is 5.83. The Balaban J connectivity index is 1.42. The second kappa shape index (κ2) is 12.5. The molecule has 0 bridgehead atoms. The number of nitrogens with one attached hydrogen (secondary N) is 2. The van der Waals surface area contributed by atoms with Gasteiger partial charge in [-0.2, -0.15) is 0 Å². The molecule has 10 heteroatoms. The highest BCUT2D eigenvalue weighted by molar-refractivity contribution is 8.14. The Morgan fingerprint density at radius 1 is 1.08 bits per heavy atom. The van der Waals surface area contributed by atoms with E-state index in [1.807, 2.05) is 31.2 Å². The lowest BCUT2D eigenvalue weighted by Gasteiger charge is -2.25. The van der Waals surface area contributed by atoms with Crippen molar-refractivity contribution in [1.29, 1.82) is 0 Å². The van der Waals surface area contributed by atoms with Crippen LogP contribution in [0.2, 0.25) is 0 Å². The fourth-order valence-electron chi connectivity index (χ4n) is 3.98. The van der Waals surface area contributed by atoms with Gasteiger partial charge in [0.2, 0.25) is 11.8 Å². The Morgan fingerprint density at radius 3 is 2.62 bits per heavy atom. The number of nitrogens with zero attached hydrogens (tertiary/aromatic N) is 3. The number of benzene rings is 2. The summed E-state index contributed by atoms with van der Waals surface area (Å²) in [5.41, 5.74) is 2.10. The molecular weight excluding hydrogens is 490 g/mol. The van der Waals surface area contributed by atoms with Gasteiger partial charge in [-0.3, -0.25) is 19.4 Å². The molecule has 0 saturated heterocycles. The number of carbonyl (C=O) groups excluding carboxylic acids is 3. The summed E-state index contributed by atoms with van der Waals surface area (Å²) in [7, 11) is 0. The molecule has 0 unspecified atom stereocenters. The van der Waals surface area contributed by atoms with Gasteiger partial charge in [-0.1, -0.05) is 37.2 Å². The average Bonchev–Trinajstić information content (AvgIpc) is 3.24. The van der Waals surface area contributed by atoms with E-state index in [-0.39, 0.29) is 29.9 Å². The third-order valence-corrected chi connectivity index (χ3v) is 6.77. The molecule has 0 radical (unpaired) electrons. The molecule has 2 aliphatic rings. The van der Waals surface area contributed by atoms with Crippen molar-refractivity contribution in [2.24, 2.45) is 9.98 Å². The minimum absolute atomic E-state index is 0.0653. The van der Waals surface area contributed by atoms with E-state index in [2.05, 4.69) is 27.5 Å². The van der Waals surface area contributed by atoms with Crippen LogP contribution in [0.3, 0.4) is 0 Å². The molecule has 0 saturated carbocycles. The predicted molar refractivity (Wildman–Crippen MR) is 147 cm³/mol. The van der Waals surface area contributed by atoms with Crippen LogP contribution in [0.4, 0.5) is 11.4 Å². The largest absolute Gasteiger partial charge is 0.494 e. The number of amidine groups is 2. The van der Waals surface area contributed by atoms with Crippen molar-refractivity contribution in [3.8, 4) is 5.75 Å². The van der Waals surface area contributed by atoms with E-state index in [0.29, 0.717) is 42.0 Å². The van der Waals surface area contributed by atoms with Crippen LogP contribution in [0.5, 0.6) is 5.75 Å². The van der Waals surface area contributed by atoms with Gasteiger partial charge < -0.3 is 15.4 Å². The van der Waals surface area contributed by atoms with Crippen LogP contribution in [0, 0.1) is 0 Å². The van der Waals surface area contributed by atoms with Crippen LogP contribution in [0.15, 0.2) is 58.5 Å². The highest BCUT2D eigenvalue weighted by Crippen LogP contribution is 2.34. The van der Waals surface area contributed by atoms with Gasteiger partial charge in [-0.05, 0) is 56.2 Å². The maximum Gasteiger partial charge on any atom is 0.259 e. The minimum atomic E-state index is -0.665. The van der Waals surface area contributed by atoms with E-state index in [1.54, 1.807) is 24.3 Å². The second-order valence-corrected chi connectivity index (χ2v) is 9.53. The summed E-state index contributed by atoms with van der Waals surface area (Å²) in [5, 5.41) is 6.14. The molecule has 0 aliphatic carbocycles. The van der Waals surface area contributed by atoms with Gasteiger partial charge in [0.05, 0.1) is 18.0 Å². The SMILES string of the molecule is CCCCNC(=O)CC[C@@H]1N=C2c3ccccc3N=C(SCC(=O)Nc3ccc(OCC)cc3)N2C1=O. The number of amides is 3. The fraction of sp³-hybridized carbons (Fsp3) is 0.370. The Hall–Kier alpha value is -3.66. The summed E-state index contributed by atoms with van der Waals surface area (Å²) < 4.78 is 5.43. The first-order chi connectivity index (χ1) is 18.0. The second-order valence-electron chi connectivity index (χ2n) is 8.59. The van der Waals surface area contributed by atoms with Crippen LogP contribution in [-0.2, 0) is 14.4 Å². The lowest BCUT2D eigenvalue weighted by Crippen LogP contribution is -2.41. The van der Waals surface area contributed by atoms with E-state index in [1.165, 1.54) is 16.7 Å². The highest BCUT2D eigenvalue weighted by atomic mass is 32.2. The normalized spacial score (nSPS) is 15.9. The van der Waals surface area contributed by atoms with Gasteiger partial charge in [-0.15, -0.1) is 0 Å². The summed E-state index contributed by atoms with van der Waals surface area (Å²) in [6.45, 7) is 5.18. The number of ether oxygens (including phenoxy) is 1. The van der Waals surface area contributed by atoms with Gasteiger partial charge in [0.1, 0.15) is 17.6 Å². The first-order valence-electron chi connectivity index (χ1n) is 12.5. The number of anilines is 1. The van der Waals surface area contributed by atoms with Crippen molar-refractivity contribution in [3.05, 3.63) is 54.1 Å². The lowest BCUT2D eigenvalue weighted by atomic mass is 10.1. The molecular formula is C27H31N5O4S. The number of carbonyl (C=O) groups is 3. The molecule has 2 aliphatic heterocycles. The molecule has 2 aromatic carbocycles. The van der Waals surface area contributed by atoms with E-state index >= 15 is 0 Å². The lowest BCUT2D eigenvalue weighted by molar-refractivity contribution is -0.125. The Labute approximate surface area is 220 Å². The monoisotopic (exact) mass is 521 g/mol. The molecule has 2 N–H and O–H groups in total. The van der Waals surface area contributed by atoms with E-state index < -0.39 is 6.04 Å². The summed E-state index contributed by atoms with van der Waals surface area (Å²) in [5.74, 6) is 0.778. The van der Waals surface area contributed by atoms with Crippen molar-refractivity contribution in [2.45, 2.75) is 45.6 Å². The first kappa shape index (κ1) is 26.4. The van der Waals surface area contributed by atoms with E-state index in [0.717, 1.165) is 24.2 Å². The van der Waals surface area contributed by atoms with Gasteiger partial charge in [0.15, 0.2) is 5.17 Å². The number of fused-ring (bicyclic) bond motifs is 3. The van der Waals surface area contributed by atoms with Gasteiger partial charge in [0, 0.05) is 24.2 Å². The van der Waals surface area contributed by atoms with Gasteiger partial charge >= 0.3 is 0 Å². The number of para-hydroxylation sites is 1. The van der Waals surface area contributed by atoms with Crippen molar-refractivity contribution in [3.63, 3.8) is 0 Å². The zero-order chi connectivity index (χ0) is 26.2. The molecule has 4 rings (SSSR count). The molecule has 37 heavy (non-hydrogen) atoms. The number of unbranched alkanes of at least 4 members (excludes halogenated alkanes) is 1. The number of hydrogen-bond donors (Lipinski definition) is 2. The maximum absolute atomic E-state index is 13.3. The zero-order valence-corrected chi connectivity index (χ0v) is 21.8. The van der Waals surface area contributed by atoms with Crippen LogP contribution in [-0.4, -0.2) is 58.6 Å². The first-order valence-corrected chi connectivity index (χ1v) is 13.5. The molecule has 0 aromatic heterocycles. The maximum atomic E-state index is 13.3. The predicted octanol–water partition coefficient (Wildman–Crippen LogP) is 4.11. The number of rotatable bonds is 11. The third kappa shape index (κ3) is 6.56. The fourth-order valence-corrected chi connectivity index (χ4v) is 4.78. The summed E-state index contributed by atoms with van der Waals surface area (Å²) in [6, 6.07) is 14.0. The van der Waals surface area contributed by atoms with E-state index in [9.17, 15) is 14.4 Å². The zero-order valence-electron chi connectivity index (χ0n) is 21.0. The molecule has 0 spiro atoms. The molecule has 194 valence electrons. The Morgan fingerprint density at radius 2 is 1.86 bits per heavy atom. The average molecular weight is 522 g/mol. The molecule has 1 atom stereocenters. The molecule has 2 aromatic rings. The molecule has 9 nitrogen and oxygen atoms in total. The molecule has 2 heterocycles. The summed E-state index contributed by atoms with van der Waals surface area (Å²) >= 11 is 1.18. The standard InChI is InChI=1S/C27H31N5O4S/c1-3-5-16-28-23(33)15-14-22-26(35)32-25(30-22)20-8-6-7-9-21(20)31-27(32)37-17-24(34)29-18-10-12-19(13-11-18)36-4-2/h6-13,22H,3-5,14-17H2,1-2H3,(H,28,33)(H,29,34)/t22-/m0/s1. The van der Waals surface area contributed by atoms with Crippen molar-refractivity contribution in [2.75, 3.05) is 24.2 Å². The quantitative estimate of drug-likeness (QED) is 0.432. The highest BCUT2D eigenvalue weighted by Gasteiger charge is 2.41. The topological polar surface area (TPSA) is 112 Å².